The molecule has 0 radical (unpaired) electrons. The zero-order valence-corrected chi connectivity index (χ0v) is 9.25. The standard InChI is InChI=1S/C13H11NO3/c1-14-11-5-3-2-4-9(11)8-10(13(14)17)6-7-12(15)16/h2-8H,1H3,(H,15,16)/b7-6+. The van der Waals surface area contributed by atoms with Gasteiger partial charge in [0, 0.05) is 18.7 Å². The number of hydrogen-bond donors (Lipinski definition) is 1. The van der Waals surface area contributed by atoms with Crippen LogP contribution in [0.4, 0.5) is 0 Å². The molecule has 4 heteroatoms. The van der Waals surface area contributed by atoms with E-state index < -0.39 is 5.97 Å². The molecule has 0 spiro atoms. The summed E-state index contributed by atoms with van der Waals surface area (Å²) in [5, 5.41) is 9.46. The molecule has 0 bridgehead atoms. The highest BCUT2D eigenvalue weighted by Gasteiger charge is 2.03. The molecular formula is C13H11NO3. The van der Waals surface area contributed by atoms with Gasteiger partial charge in [-0.05, 0) is 23.6 Å². The highest BCUT2D eigenvalue weighted by molar-refractivity contribution is 5.87. The summed E-state index contributed by atoms with van der Waals surface area (Å²) in [4.78, 5) is 22.4. The largest absolute Gasteiger partial charge is 0.478 e. The van der Waals surface area contributed by atoms with Crippen LogP contribution in [0, 0.1) is 0 Å². The number of aromatic nitrogens is 1. The number of aryl methyl sites for hydroxylation is 1. The number of para-hydroxylation sites is 1. The molecule has 0 unspecified atom stereocenters. The number of hydrogen-bond acceptors (Lipinski definition) is 2. The molecule has 2 rings (SSSR count). The molecule has 1 N–H and O–H groups in total. The van der Waals surface area contributed by atoms with Crippen LogP contribution in [0.2, 0.25) is 0 Å². The van der Waals surface area contributed by atoms with Crippen LogP contribution in [0.15, 0.2) is 41.2 Å². The number of fused-ring (bicyclic) bond motifs is 1. The number of carbonyl (C=O) groups is 1. The minimum absolute atomic E-state index is 0.207. The minimum atomic E-state index is -1.07. The van der Waals surface area contributed by atoms with E-state index in [0.29, 0.717) is 5.56 Å². The molecule has 0 saturated heterocycles. The number of benzene rings is 1. The molecule has 0 aliphatic rings. The van der Waals surface area contributed by atoms with Crippen molar-refractivity contribution in [2.75, 3.05) is 0 Å². The van der Waals surface area contributed by atoms with E-state index in [9.17, 15) is 9.59 Å². The Hall–Kier alpha value is -2.36. The Kier molecular flexibility index (Phi) is 2.78. The van der Waals surface area contributed by atoms with Crippen LogP contribution in [0.25, 0.3) is 17.0 Å². The second-order valence-corrected chi connectivity index (χ2v) is 3.69. The summed E-state index contributed by atoms with van der Waals surface area (Å²) in [6, 6.07) is 9.15. The SMILES string of the molecule is Cn1c(=O)c(/C=C/C(=O)O)cc2ccccc21. The van der Waals surface area contributed by atoms with Crippen LogP contribution in [-0.2, 0) is 11.8 Å². The van der Waals surface area contributed by atoms with Gasteiger partial charge >= 0.3 is 5.97 Å². The number of carboxylic acids is 1. The van der Waals surface area contributed by atoms with Crippen molar-refractivity contribution in [1.82, 2.24) is 4.57 Å². The van der Waals surface area contributed by atoms with Crippen molar-refractivity contribution >= 4 is 22.9 Å². The first-order chi connectivity index (χ1) is 8.09. The number of aliphatic carboxylic acids is 1. The number of rotatable bonds is 2. The molecule has 1 heterocycles. The molecule has 1 aromatic carbocycles. The lowest BCUT2D eigenvalue weighted by atomic mass is 10.1. The van der Waals surface area contributed by atoms with E-state index in [4.69, 9.17) is 5.11 Å². The van der Waals surface area contributed by atoms with E-state index in [0.717, 1.165) is 17.0 Å². The Labute approximate surface area is 97.4 Å². The van der Waals surface area contributed by atoms with E-state index in [1.807, 2.05) is 24.3 Å². The van der Waals surface area contributed by atoms with Crippen molar-refractivity contribution in [3.63, 3.8) is 0 Å². The topological polar surface area (TPSA) is 59.3 Å². The quantitative estimate of drug-likeness (QED) is 0.796. The Bertz CT molecular complexity index is 668. The van der Waals surface area contributed by atoms with Crippen molar-refractivity contribution in [1.29, 1.82) is 0 Å². The van der Waals surface area contributed by atoms with Crippen LogP contribution in [0.1, 0.15) is 5.56 Å². The molecule has 1 aromatic heterocycles. The number of pyridine rings is 1. The van der Waals surface area contributed by atoms with Gasteiger partial charge in [0.25, 0.3) is 5.56 Å². The van der Waals surface area contributed by atoms with Gasteiger partial charge in [0.1, 0.15) is 0 Å². The van der Waals surface area contributed by atoms with E-state index >= 15 is 0 Å². The highest BCUT2D eigenvalue weighted by atomic mass is 16.4. The van der Waals surface area contributed by atoms with Crippen molar-refractivity contribution in [3.8, 4) is 0 Å². The number of nitrogens with zero attached hydrogens (tertiary/aromatic N) is 1. The van der Waals surface area contributed by atoms with Crippen LogP contribution in [-0.4, -0.2) is 15.6 Å². The van der Waals surface area contributed by atoms with Gasteiger partial charge < -0.3 is 9.67 Å². The van der Waals surface area contributed by atoms with Gasteiger partial charge in [-0.3, -0.25) is 4.79 Å². The average molecular weight is 229 g/mol. The van der Waals surface area contributed by atoms with E-state index in [1.54, 1.807) is 13.1 Å². The molecule has 0 atom stereocenters. The molecule has 2 aromatic rings. The van der Waals surface area contributed by atoms with Crippen LogP contribution in [0.5, 0.6) is 0 Å². The maximum atomic E-state index is 11.9. The number of carboxylic acid groups (broad SMARTS) is 1. The maximum Gasteiger partial charge on any atom is 0.328 e. The molecule has 0 amide bonds. The lowest BCUT2D eigenvalue weighted by Crippen LogP contribution is -2.19. The predicted molar refractivity (Wildman–Crippen MR) is 65.9 cm³/mol. The summed E-state index contributed by atoms with van der Waals surface area (Å²) < 4.78 is 1.51. The Morgan fingerprint density at radius 3 is 2.76 bits per heavy atom. The van der Waals surface area contributed by atoms with Crippen molar-refractivity contribution in [3.05, 3.63) is 52.3 Å². The molecule has 17 heavy (non-hydrogen) atoms. The van der Waals surface area contributed by atoms with Crippen molar-refractivity contribution in [2.45, 2.75) is 0 Å². The summed E-state index contributed by atoms with van der Waals surface area (Å²) in [6.07, 6.45) is 2.28. The molecule has 0 aliphatic heterocycles. The van der Waals surface area contributed by atoms with E-state index in [1.165, 1.54) is 10.6 Å². The van der Waals surface area contributed by atoms with E-state index in [-0.39, 0.29) is 5.56 Å². The zero-order valence-electron chi connectivity index (χ0n) is 9.25. The van der Waals surface area contributed by atoms with Gasteiger partial charge in [-0.25, -0.2) is 4.79 Å². The highest BCUT2D eigenvalue weighted by Crippen LogP contribution is 2.12. The summed E-state index contributed by atoms with van der Waals surface area (Å²) >= 11 is 0. The Morgan fingerprint density at radius 1 is 1.35 bits per heavy atom. The maximum absolute atomic E-state index is 11.9. The van der Waals surface area contributed by atoms with Gasteiger partial charge in [-0.2, -0.15) is 0 Å². The first kappa shape index (κ1) is 11.1. The molecular weight excluding hydrogens is 218 g/mol. The Balaban J connectivity index is 2.70. The molecule has 86 valence electrons. The lowest BCUT2D eigenvalue weighted by molar-refractivity contribution is -0.131. The van der Waals surface area contributed by atoms with E-state index in [2.05, 4.69) is 0 Å². The van der Waals surface area contributed by atoms with Crippen LogP contribution in [0.3, 0.4) is 0 Å². The zero-order chi connectivity index (χ0) is 12.4. The second kappa shape index (κ2) is 4.25. The molecule has 0 aliphatic carbocycles. The summed E-state index contributed by atoms with van der Waals surface area (Å²) in [6.45, 7) is 0. The molecule has 4 nitrogen and oxygen atoms in total. The first-order valence-electron chi connectivity index (χ1n) is 5.09. The minimum Gasteiger partial charge on any atom is -0.478 e. The van der Waals surface area contributed by atoms with Gasteiger partial charge in [0.2, 0.25) is 0 Å². The van der Waals surface area contributed by atoms with Gasteiger partial charge in [-0.15, -0.1) is 0 Å². The third kappa shape index (κ3) is 2.10. The van der Waals surface area contributed by atoms with Crippen molar-refractivity contribution < 1.29 is 9.90 Å². The van der Waals surface area contributed by atoms with Gasteiger partial charge in [0.05, 0.1) is 5.52 Å². The Morgan fingerprint density at radius 2 is 2.06 bits per heavy atom. The fourth-order valence-electron chi connectivity index (χ4n) is 1.73. The molecule has 0 saturated carbocycles. The lowest BCUT2D eigenvalue weighted by Gasteiger charge is -2.05. The van der Waals surface area contributed by atoms with Crippen molar-refractivity contribution in [2.24, 2.45) is 7.05 Å². The molecule has 0 fully saturated rings. The first-order valence-corrected chi connectivity index (χ1v) is 5.09. The smallest absolute Gasteiger partial charge is 0.328 e. The van der Waals surface area contributed by atoms with Crippen LogP contribution < -0.4 is 5.56 Å². The predicted octanol–water partition coefficient (Wildman–Crippen LogP) is 1.64. The third-order valence-corrected chi connectivity index (χ3v) is 2.57. The summed E-state index contributed by atoms with van der Waals surface area (Å²) in [7, 11) is 1.67. The average Bonchev–Trinajstić information content (AvgIpc) is 2.32. The fourth-order valence-corrected chi connectivity index (χ4v) is 1.73. The third-order valence-electron chi connectivity index (χ3n) is 2.57. The monoisotopic (exact) mass is 229 g/mol. The van der Waals surface area contributed by atoms with Crippen LogP contribution >= 0.6 is 0 Å². The second-order valence-electron chi connectivity index (χ2n) is 3.69. The summed E-state index contributed by atoms with van der Waals surface area (Å²) in [5.74, 6) is -1.07. The van der Waals surface area contributed by atoms with Gasteiger partial charge in [0.15, 0.2) is 0 Å². The summed E-state index contributed by atoms with van der Waals surface area (Å²) in [5.41, 5.74) is 0.986. The normalized spacial score (nSPS) is 11.1. The van der Waals surface area contributed by atoms with Gasteiger partial charge in [-0.1, -0.05) is 18.2 Å². The fraction of sp³-hybridized carbons (Fsp3) is 0.0769.